The van der Waals surface area contributed by atoms with Crippen LogP contribution < -0.4 is 5.32 Å². The van der Waals surface area contributed by atoms with E-state index < -0.39 is 0 Å². The highest BCUT2D eigenvalue weighted by Crippen LogP contribution is 2.37. The Bertz CT molecular complexity index is 501. The zero-order chi connectivity index (χ0) is 16.1. The van der Waals surface area contributed by atoms with Crippen LogP contribution in [0.4, 0.5) is 0 Å². The zero-order valence-corrected chi connectivity index (χ0v) is 14.4. The molecular formula is C16H25N3O2S. The summed E-state index contributed by atoms with van der Waals surface area (Å²) in [5, 5.41) is 5.03. The number of hydrogen-bond acceptors (Lipinski definition) is 4. The van der Waals surface area contributed by atoms with Crippen molar-refractivity contribution in [3.8, 4) is 0 Å². The van der Waals surface area contributed by atoms with Gasteiger partial charge in [0.25, 0.3) is 0 Å². The van der Waals surface area contributed by atoms with Gasteiger partial charge in [0.1, 0.15) is 0 Å². The van der Waals surface area contributed by atoms with Gasteiger partial charge in [-0.05, 0) is 44.9 Å². The molecule has 1 fully saturated rings. The molecule has 122 valence electrons. The smallest absolute Gasteiger partial charge is 0.225 e. The first kappa shape index (κ1) is 17.0. The second kappa shape index (κ2) is 7.74. The van der Waals surface area contributed by atoms with Crippen molar-refractivity contribution in [3.63, 3.8) is 0 Å². The van der Waals surface area contributed by atoms with Gasteiger partial charge in [-0.3, -0.25) is 9.59 Å². The highest BCUT2D eigenvalue weighted by Gasteiger charge is 2.39. The van der Waals surface area contributed by atoms with Gasteiger partial charge in [0.05, 0.1) is 12.0 Å². The average molecular weight is 323 g/mol. The largest absolute Gasteiger partial charge is 0.356 e. The molecule has 0 aromatic carbocycles. The van der Waals surface area contributed by atoms with Crippen molar-refractivity contribution in [3.05, 3.63) is 22.4 Å². The number of nitrogens with one attached hydrogen (secondary N) is 1. The summed E-state index contributed by atoms with van der Waals surface area (Å²) < 4.78 is 0. The van der Waals surface area contributed by atoms with Gasteiger partial charge < -0.3 is 15.1 Å². The molecule has 1 aliphatic heterocycles. The van der Waals surface area contributed by atoms with Gasteiger partial charge in [-0.25, -0.2) is 0 Å². The predicted molar refractivity (Wildman–Crippen MR) is 88.7 cm³/mol. The summed E-state index contributed by atoms with van der Waals surface area (Å²) in [5.41, 5.74) is 0. The van der Waals surface area contributed by atoms with E-state index in [9.17, 15) is 9.59 Å². The Kier molecular flexibility index (Phi) is 5.97. The van der Waals surface area contributed by atoms with Crippen molar-refractivity contribution in [1.29, 1.82) is 0 Å². The van der Waals surface area contributed by atoms with E-state index >= 15 is 0 Å². The van der Waals surface area contributed by atoms with Crippen LogP contribution in [0.3, 0.4) is 0 Å². The fourth-order valence-electron chi connectivity index (χ4n) is 2.90. The Morgan fingerprint density at radius 3 is 2.91 bits per heavy atom. The van der Waals surface area contributed by atoms with Crippen LogP contribution in [0.25, 0.3) is 0 Å². The van der Waals surface area contributed by atoms with Crippen molar-refractivity contribution in [1.82, 2.24) is 15.1 Å². The number of amides is 2. The van der Waals surface area contributed by atoms with Crippen LogP contribution in [0.5, 0.6) is 0 Å². The van der Waals surface area contributed by atoms with Crippen LogP contribution in [0.15, 0.2) is 17.5 Å². The third-order valence-electron chi connectivity index (χ3n) is 4.11. The third-order valence-corrected chi connectivity index (χ3v) is 5.06. The Morgan fingerprint density at radius 1 is 1.50 bits per heavy atom. The molecule has 0 saturated carbocycles. The molecule has 2 atom stereocenters. The minimum atomic E-state index is -0.152. The van der Waals surface area contributed by atoms with Crippen LogP contribution >= 0.6 is 11.3 Å². The lowest BCUT2D eigenvalue weighted by atomic mass is 9.87. The molecule has 0 unspecified atom stereocenters. The molecule has 22 heavy (non-hydrogen) atoms. The summed E-state index contributed by atoms with van der Waals surface area (Å²) in [6.45, 7) is 1.64. The molecule has 1 aromatic rings. The van der Waals surface area contributed by atoms with E-state index in [2.05, 4.69) is 10.2 Å². The maximum atomic E-state index is 12.5. The number of likely N-dealkylation sites (tertiary alicyclic amines) is 1. The third kappa shape index (κ3) is 4.08. The molecule has 0 bridgehead atoms. The number of thiophene rings is 1. The molecule has 1 saturated heterocycles. The maximum absolute atomic E-state index is 12.5. The topological polar surface area (TPSA) is 52.7 Å². The Balaban J connectivity index is 2.00. The van der Waals surface area contributed by atoms with E-state index in [4.69, 9.17) is 0 Å². The standard InChI is InChI=1S/C16H25N3O2S/c1-18(2)10-5-9-17-16(21)12-7-8-14(20)19(3)15(12)13-6-4-11-22-13/h4,6,11-12,15H,5,7-10H2,1-3H3,(H,17,21)/t12-,15-/m1/s1. The predicted octanol–water partition coefficient (Wildman–Crippen LogP) is 1.73. The number of carbonyl (C=O) groups excluding carboxylic acids is 2. The first-order valence-electron chi connectivity index (χ1n) is 7.72. The normalized spacial score (nSPS) is 22.2. The lowest BCUT2D eigenvalue weighted by Gasteiger charge is -2.37. The molecule has 1 N–H and O–H groups in total. The van der Waals surface area contributed by atoms with Gasteiger partial charge in [0.2, 0.25) is 11.8 Å². The van der Waals surface area contributed by atoms with Crippen molar-refractivity contribution in [2.24, 2.45) is 5.92 Å². The molecule has 0 spiro atoms. The number of nitrogens with zero attached hydrogens (tertiary/aromatic N) is 2. The maximum Gasteiger partial charge on any atom is 0.225 e. The Morgan fingerprint density at radius 2 is 2.27 bits per heavy atom. The molecule has 2 amide bonds. The minimum Gasteiger partial charge on any atom is -0.356 e. The van der Waals surface area contributed by atoms with Gasteiger partial charge in [0.15, 0.2) is 0 Å². The highest BCUT2D eigenvalue weighted by molar-refractivity contribution is 7.10. The van der Waals surface area contributed by atoms with Crippen molar-refractivity contribution in [2.75, 3.05) is 34.2 Å². The van der Waals surface area contributed by atoms with Crippen molar-refractivity contribution >= 4 is 23.2 Å². The summed E-state index contributed by atoms with van der Waals surface area (Å²) in [4.78, 5) is 29.5. The van der Waals surface area contributed by atoms with Crippen LogP contribution in [0, 0.1) is 5.92 Å². The zero-order valence-electron chi connectivity index (χ0n) is 13.5. The van der Waals surface area contributed by atoms with Gasteiger partial charge in [-0.2, -0.15) is 0 Å². The highest BCUT2D eigenvalue weighted by atomic mass is 32.1. The quantitative estimate of drug-likeness (QED) is 0.811. The fraction of sp³-hybridized carbons (Fsp3) is 0.625. The summed E-state index contributed by atoms with van der Waals surface area (Å²) >= 11 is 1.61. The summed E-state index contributed by atoms with van der Waals surface area (Å²) in [5.74, 6) is 0.0345. The van der Waals surface area contributed by atoms with Gasteiger partial charge in [-0.1, -0.05) is 6.07 Å². The molecular weight excluding hydrogens is 298 g/mol. The van der Waals surface area contributed by atoms with E-state index in [1.807, 2.05) is 31.6 Å². The van der Waals surface area contributed by atoms with Crippen molar-refractivity contribution < 1.29 is 9.59 Å². The van der Waals surface area contributed by atoms with Crippen LogP contribution in [0.2, 0.25) is 0 Å². The number of piperidine rings is 1. The number of carbonyl (C=O) groups is 2. The number of rotatable bonds is 6. The van der Waals surface area contributed by atoms with Crippen LogP contribution in [0.1, 0.15) is 30.2 Å². The van der Waals surface area contributed by atoms with E-state index in [-0.39, 0.29) is 23.8 Å². The van der Waals surface area contributed by atoms with Gasteiger partial charge in [-0.15, -0.1) is 11.3 Å². The second-order valence-corrected chi connectivity index (χ2v) is 7.04. The first-order valence-corrected chi connectivity index (χ1v) is 8.60. The van der Waals surface area contributed by atoms with E-state index in [1.165, 1.54) is 0 Å². The minimum absolute atomic E-state index is 0.0662. The summed E-state index contributed by atoms with van der Waals surface area (Å²) in [6.07, 6.45) is 2.02. The molecule has 1 aromatic heterocycles. The summed E-state index contributed by atoms with van der Waals surface area (Å²) in [6, 6.07) is 3.85. The van der Waals surface area contributed by atoms with E-state index in [0.717, 1.165) is 17.8 Å². The monoisotopic (exact) mass is 323 g/mol. The second-order valence-electron chi connectivity index (χ2n) is 6.06. The molecule has 5 nitrogen and oxygen atoms in total. The Labute approximate surface area is 136 Å². The van der Waals surface area contributed by atoms with E-state index in [1.54, 1.807) is 23.3 Å². The number of hydrogen-bond donors (Lipinski definition) is 1. The SMILES string of the molecule is CN(C)CCCNC(=O)[C@@H]1CCC(=O)N(C)[C@H]1c1cccs1. The molecule has 2 heterocycles. The lowest BCUT2D eigenvalue weighted by Crippen LogP contribution is -2.46. The van der Waals surface area contributed by atoms with Crippen LogP contribution in [-0.4, -0.2) is 55.8 Å². The summed E-state index contributed by atoms with van der Waals surface area (Å²) in [7, 11) is 5.85. The molecule has 2 rings (SSSR count). The first-order chi connectivity index (χ1) is 10.5. The Hall–Kier alpha value is -1.40. The van der Waals surface area contributed by atoms with Gasteiger partial charge in [0, 0.05) is 24.9 Å². The van der Waals surface area contributed by atoms with Crippen molar-refractivity contribution in [2.45, 2.75) is 25.3 Å². The van der Waals surface area contributed by atoms with E-state index in [0.29, 0.717) is 19.4 Å². The average Bonchev–Trinajstić information content (AvgIpc) is 2.99. The van der Waals surface area contributed by atoms with Crippen LogP contribution in [-0.2, 0) is 9.59 Å². The lowest BCUT2D eigenvalue weighted by molar-refractivity contribution is -0.141. The van der Waals surface area contributed by atoms with Gasteiger partial charge >= 0.3 is 0 Å². The molecule has 0 radical (unpaired) electrons. The molecule has 0 aliphatic carbocycles. The molecule has 6 heteroatoms. The fourth-order valence-corrected chi connectivity index (χ4v) is 3.83. The molecule has 1 aliphatic rings.